The topological polar surface area (TPSA) is 54.4 Å². The first-order chi connectivity index (χ1) is 8.02. The van der Waals surface area contributed by atoms with Crippen molar-refractivity contribution < 1.29 is 14.7 Å². The normalized spacial score (nSPS) is 17.1. The van der Waals surface area contributed by atoms with E-state index in [4.69, 9.17) is 0 Å². The van der Waals surface area contributed by atoms with Crippen LogP contribution in [0.1, 0.15) is 60.8 Å². The molecule has 18 heavy (non-hydrogen) atoms. The summed E-state index contributed by atoms with van der Waals surface area (Å²) in [6.45, 7) is 10.9. The third-order valence-corrected chi connectivity index (χ3v) is 4.09. The number of carbonyl (C=O) groups is 2. The molecule has 0 unspecified atom stereocenters. The molecule has 0 aromatic carbocycles. The molecule has 4 heteroatoms. The molecule has 0 amide bonds. The Labute approximate surface area is 115 Å². The first-order valence-corrected chi connectivity index (χ1v) is 7.32. The number of Topliss-reactive ketones (excluding diaryl/α,β-unsaturated/α-hetero) is 1. The van der Waals surface area contributed by atoms with Crippen molar-refractivity contribution in [2.24, 2.45) is 5.92 Å². The SMILES string of the molecule is CCCCC(=O)[C@@](C)(O)[C@H](C)C(=O)SC(C)(C)C. The van der Waals surface area contributed by atoms with Gasteiger partial charge in [0.25, 0.3) is 0 Å². The first kappa shape index (κ1) is 17.6. The van der Waals surface area contributed by atoms with Crippen LogP contribution in [-0.2, 0) is 9.59 Å². The van der Waals surface area contributed by atoms with Crippen molar-refractivity contribution >= 4 is 22.7 Å². The summed E-state index contributed by atoms with van der Waals surface area (Å²) in [7, 11) is 0. The number of carbonyl (C=O) groups excluding carboxylic acids is 2. The van der Waals surface area contributed by atoms with Gasteiger partial charge in [-0.3, -0.25) is 9.59 Å². The molecule has 1 N–H and O–H groups in total. The third kappa shape index (κ3) is 5.53. The van der Waals surface area contributed by atoms with Crippen LogP contribution in [0.15, 0.2) is 0 Å². The fourth-order valence-corrected chi connectivity index (χ4v) is 2.46. The first-order valence-electron chi connectivity index (χ1n) is 6.51. The Morgan fingerprint density at radius 2 is 1.72 bits per heavy atom. The van der Waals surface area contributed by atoms with Gasteiger partial charge in [0.2, 0.25) is 0 Å². The summed E-state index contributed by atoms with van der Waals surface area (Å²) in [5.74, 6) is -0.911. The second-order valence-corrected chi connectivity index (χ2v) is 7.76. The molecule has 0 heterocycles. The van der Waals surface area contributed by atoms with E-state index in [1.54, 1.807) is 6.92 Å². The number of ketones is 1. The van der Waals surface area contributed by atoms with Crippen LogP contribution in [0, 0.1) is 5.92 Å². The summed E-state index contributed by atoms with van der Waals surface area (Å²) < 4.78 is -0.201. The van der Waals surface area contributed by atoms with Crippen molar-refractivity contribution in [3.05, 3.63) is 0 Å². The lowest BCUT2D eigenvalue weighted by Crippen LogP contribution is -2.45. The van der Waals surface area contributed by atoms with Crippen molar-refractivity contribution in [3.63, 3.8) is 0 Å². The van der Waals surface area contributed by atoms with Crippen LogP contribution in [0.25, 0.3) is 0 Å². The maximum absolute atomic E-state index is 12.0. The number of hydrogen-bond acceptors (Lipinski definition) is 4. The number of unbranched alkanes of at least 4 members (excludes halogenated alkanes) is 1. The van der Waals surface area contributed by atoms with Gasteiger partial charge < -0.3 is 5.11 Å². The molecule has 106 valence electrons. The zero-order chi connectivity index (χ0) is 14.6. The summed E-state index contributed by atoms with van der Waals surface area (Å²) in [6.07, 6.45) is 1.99. The molecular formula is C14H26O3S. The van der Waals surface area contributed by atoms with E-state index in [-0.39, 0.29) is 15.6 Å². The lowest BCUT2D eigenvalue weighted by atomic mass is 9.85. The Morgan fingerprint density at radius 1 is 1.22 bits per heavy atom. The van der Waals surface area contributed by atoms with E-state index in [2.05, 4.69) is 0 Å². The Hall–Kier alpha value is -0.350. The molecule has 0 rings (SSSR count). The molecule has 0 aliphatic rings. The minimum Gasteiger partial charge on any atom is -0.382 e. The summed E-state index contributed by atoms with van der Waals surface area (Å²) in [5, 5.41) is 10.1. The molecule has 0 aromatic rings. The maximum atomic E-state index is 12.0. The largest absolute Gasteiger partial charge is 0.382 e. The quantitative estimate of drug-likeness (QED) is 0.808. The zero-order valence-electron chi connectivity index (χ0n) is 12.4. The smallest absolute Gasteiger partial charge is 0.195 e. The molecule has 0 bridgehead atoms. The number of rotatable bonds is 6. The molecule has 0 spiro atoms. The number of hydrogen-bond donors (Lipinski definition) is 1. The molecule has 0 radical (unpaired) electrons. The van der Waals surface area contributed by atoms with E-state index in [0.717, 1.165) is 12.8 Å². The molecule has 0 aliphatic carbocycles. The van der Waals surface area contributed by atoms with Crippen LogP contribution < -0.4 is 0 Å². The van der Waals surface area contributed by atoms with Gasteiger partial charge in [0.1, 0.15) is 5.60 Å². The summed E-state index contributed by atoms with van der Waals surface area (Å²) in [6, 6.07) is 0. The molecule has 2 atom stereocenters. The van der Waals surface area contributed by atoms with Crippen LogP contribution in [0.4, 0.5) is 0 Å². The van der Waals surface area contributed by atoms with Crippen LogP contribution in [0.3, 0.4) is 0 Å². The van der Waals surface area contributed by atoms with Crippen molar-refractivity contribution in [2.75, 3.05) is 0 Å². The van der Waals surface area contributed by atoms with Crippen molar-refractivity contribution in [3.8, 4) is 0 Å². The van der Waals surface area contributed by atoms with E-state index in [0.29, 0.717) is 6.42 Å². The minimum atomic E-state index is -1.55. The average Bonchev–Trinajstić information content (AvgIpc) is 2.22. The van der Waals surface area contributed by atoms with Gasteiger partial charge in [0.15, 0.2) is 10.9 Å². The maximum Gasteiger partial charge on any atom is 0.195 e. The highest BCUT2D eigenvalue weighted by Crippen LogP contribution is 2.32. The van der Waals surface area contributed by atoms with Gasteiger partial charge in [-0.05, 0) is 13.3 Å². The van der Waals surface area contributed by atoms with Crippen LogP contribution in [0.2, 0.25) is 0 Å². The van der Waals surface area contributed by atoms with Crippen LogP contribution in [0.5, 0.6) is 0 Å². The molecule has 0 aliphatic heterocycles. The lowest BCUT2D eigenvalue weighted by Gasteiger charge is -2.29. The van der Waals surface area contributed by atoms with Gasteiger partial charge in [-0.15, -0.1) is 0 Å². The summed E-state index contributed by atoms with van der Waals surface area (Å²) >= 11 is 1.18. The summed E-state index contributed by atoms with van der Waals surface area (Å²) in [5.41, 5.74) is -1.55. The second kappa shape index (κ2) is 6.71. The monoisotopic (exact) mass is 274 g/mol. The van der Waals surface area contributed by atoms with Gasteiger partial charge in [0.05, 0.1) is 5.92 Å². The summed E-state index contributed by atoms with van der Waals surface area (Å²) in [4.78, 5) is 24.0. The van der Waals surface area contributed by atoms with E-state index in [1.807, 2.05) is 27.7 Å². The van der Waals surface area contributed by atoms with Crippen molar-refractivity contribution in [2.45, 2.75) is 71.2 Å². The standard InChI is InChI=1S/C14H26O3S/c1-7-8-9-11(15)14(6,17)10(2)12(16)18-13(3,4)5/h10,17H,7-9H2,1-6H3/t10-,14+/m1/s1. The van der Waals surface area contributed by atoms with Crippen molar-refractivity contribution in [1.29, 1.82) is 0 Å². The minimum absolute atomic E-state index is 0.127. The predicted octanol–water partition coefficient (Wildman–Crippen LogP) is 3.19. The van der Waals surface area contributed by atoms with Crippen LogP contribution in [-0.4, -0.2) is 26.4 Å². The fraction of sp³-hybridized carbons (Fsp3) is 0.857. The highest BCUT2D eigenvalue weighted by atomic mass is 32.2. The fourth-order valence-electron chi connectivity index (χ4n) is 1.45. The number of aliphatic hydroxyl groups is 1. The Balaban J connectivity index is 4.68. The van der Waals surface area contributed by atoms with Gasteiger partial charge in [-0.1, -0.05) is 52.8 Å². The van der Waals surface area contributed by atoms with Gasteiger partial charge in [0, 0.05) is 11.2 Å². The van der Waals surface area contributed by atoms with E-state index in [9.17, 15) is 14.7 Å². The highest BCUT2D eigenvalue weighted by Gasteiger charge is 2.40. The third-order valence-electron chi connectivity index (χ3n) is 2.93. The Kier molecular flexibility index (Phi) is 6.58. The lowest BCUT2D eigenvalue weighted by molar-refractivity contribution is -0.144. The Bertz CT molecular complexity index is 303. The molecule has 3 nitrogen and oxygen atoms in total. The van der Waals surface area contributed by atoms with Gasteiger partial charge >= 0.3 is 0 Å². The molecule has 0 aromatic heterocycles. The van der Waals surface area contributed by atoms with E-state index >= 15 is 0 Å². The van der Waals surface area contributed by atoms with Crippen molar-refractivity contribution in [1.82, 2.24) is 0 Å². The molecule has 0 fully saturated rings. The molecule has 0 saturated heterocycles. The zero-order valence-corrected chi connectivity index (χ0v) is 13.2. The molecular weight excluding hydrogens is 248 g/mol. The van der Waals surface area contributed by atoms with Gasteiger partial charge in [-0.25, -0.2) is 0 Å². The highest BCUT2D eigenvalue weighted by molar-refractivity contribution is 8.14. The number of thioether (sulfide) groups is 1. The predicted molar refractivity (Wildman–Crippen MR) is 76.7 cm³/mol. The Morgan fingerprint density at radius 3 is 2.11 bits per heavy atom. The van der Waals surface area contributed by atoms with E-state index in [1.165, 1.54) is 18.7 Å². The second-order valence-electron chi connectivity index (χ2n) is 5.93. The molecule has 0 saturated carbocycles. The van der Waals surface area contributed by atoms with E-state index < -0.39 is 11.5 Å². The van der Waals surface area contributed by atoms with Gasteiger partial charge in [-0.2, -0.15) is 0 Å². The average molecular weight is 274 g/mol. The van der Waals surface area contributed by atoms with Crippen LogP contribution >= 0.6 is 11.8 Å².